The molecule has 44 valence electrons. The third-order valence-electron chi connectivity index (χ3n) is 0.353. The Hall–Kier alpha value is 0.620. The van der Waals surface area contributed by atoms with Crippen LogP contribution >= 0.6 is 21.6 Å². The fourth-order valence-electron chi connectivity index (χ4n) is 0.155. The van der Waals surface area contributed by atoms with Crippen LogP contribution in [0.2, 0.25) is 0 Å². The van der Waals surface area contributed by atoms with Crippen molar-refractivity contribution >= 4 is 21.6 Å². The molecular weight excluding hydrogens is 128 g/mol. The van der Waals surface area contributed by atoms with E-state index in [4.69, 9.17) is 11.5 Å². The van der Waals surface area contributed by atoms with E-state index in [1.165, 1.54) is 0 Å². The topological polar surface area (TPSA) is 52.0 Å². The van der Waals surface area contributed by atoms with E-state index in [1.807, 2.05) is 0 Å². The molecule has 4 heteroatoms. The van der Waals surface area contributed by atoms with Crippen molar-refractivity contribution in [1.29, 1.82) is 0 Å². The van der Waals surface area contributed by atoms with Crippen LogP contribution in [0.15, 0.2) is 0 Å². The summed E-state index contributed by atoms with van der Waals surface area (Å²) in [6.07, 6.45) is 0. The molecule has 0 fully saturated rings. The Labute approximate surface area is 51.8 Å². The molecule has 0 rings (SSSR count). The maximum Gasteiger partial charge on any atom is 0.0498 e. The maximum absolute atomic E-state index is 5.19. The minimum absolute atomic E-state index is 0.685. The molecule has 0 radical (unpaired) electrons. The first kappa shape index (κ1) is 7.62. The predicted octanol–water partition coefficient (Wildman–Crippen LogP) is 0.243. The lowest BCUT2D eigenvalue weighted by molar-refractivity contribution is 1.16. The van der Waals surface area contributed by atoms with Gasteiger partial charge in [-0.25, -0.2) is 0 Å². The second kappa shape index (κ2) is 6.62. The Morgan fingerprint density at radius 3 is 2.29 bits per heavy atom. The van der Waals surface area contributed by atoms with Crippen molar-refractivity contribution in [3.05, 3.63) is 0 Å². The fraction of sp³-hybridized carbons (Fsp3) is 1.00. The predicted molar refractivity (Wildman–Crippen MR) is 38.2 cm³/mol. The Balaban J connectivity index is 2.45. The molecule has 0 spiro atoms. The van der Waals surface area contributed by atoms with Crippen LogP contribution < -0.4 is 11.5 Å². The van der Waals surface area contributed by atoms with Crippen LogP contribution in [-0.2, 0) is 0 Å². The molecule has 0 aliphatic carbocycles. The Bertz CT molecular complexity index is 30.1. The quantitative estimate of drug-likeness (QED) is 0.332. The summed E-state index contributed by atoms with van der Waals surface area (Å²) in [5, 5.41) is 0. The summed E-state index contributed by atoms with van der Waals surface area (Å²) in [6, 6.07) is 0. The van der Waals surface area contributed by atoms with Crippen LogP contribution in [0.4, 0.5) is 0 Å². The highest BCUT2D eigenvalue weighted by atomic mass is 33.1. The van der Waals surface area contributed by atoms with Crippen molar-refractivity contribution in [2.45, 2.75) is 0 Å². The minimum Gasteiger partial charge on any atom is -0.330 e. The van der Waals surface area contributed by atoms with E-state index in [9.17, 15) is 0 Å². The van der Waals surface area contributed by atoms with Gasteiger partial charge in [-0.1, -0.05) is 21.6 Å². The van der Waals surface area contributed by atoms with Crippen LogP contribution in [0, 0.1) is 0 Å². The van der Waals surface area contributed by atoms with Gasteiger partial charge in [0.15, 0.2) is 0 Å². The monoisotopic (exact) mass is 138 g/mol. The van der Waals surface area contributed by atoms with Gasteiger partial charge >= 0.3 is 0 Å². The normalized spacial score (nSPS) is 9.43. The SMILES string of the molecule is NCCSSCN. The highest BCUT2D eigenvalue weighted by Crippen LogP contribution is 2.16. The minimum atomic E-state index is 0.685. The third-order valence-corrected chi connectivity index (χ3v) is 2.47. The molecule has 0 unspecified atom stereocenters. The number of nitrogens with two attached hydrogens (primary N) is 2. The lowest BCUT2D eigenvalue weighted by Gasteiger charge is -1.90. The number of hydrogen-bond donors (Lipinski definition) is 2. The summed E-state index contributed by atoms with van der Waals surface area (Å²) in [5.41, 5.74) is 10.4. The van der Waals surface area contributed by atoms with E-state index >= 15 is 0 Å². The number of rotatable bonds is 4. The largest absolute Gasteiger partial charge is 0.330 e. The average Bonchev–Trinajstić information content (AvgIpc) is 1.69. The van der Waals surface area contributed by atoms with Crippen LogP contribution in [0.5, 0.6) is 0 Å². The van der Waals surface area contributed by atoms with E-state index in [-0.39, 0.29) is 0 Å². The molecule has 0 aromatic heterocycles. The van der Waals surface area contributed by atoms with E-state index in [1.54, 1.807) is 21.6 Å². The van der Waals surface area contributed by atoms with Crippen molar-refractivity contribution in [1.82, 2.24) is 0 Å². The van der Waals surface area contributed by atoms with Gasteiger partial charge in [-0.05, 0) is 0 Å². The molecule has 2 nitrogen and oxygen atoms in total. The molecular formula is C3H10N2S2. The van der Waals surface area contributed by atoms with Gasteiger partial charge in [0, 0.05) is 18.2 Å². The van der Waals surface area contributed by atoms with Gasteiger partial charge in [0.25, 0.3) is 0 Å². The summed E-state index contributed by atoms with van der Waals surface area (Å²) in [5.74, 6) is 1.69. The summed E-state index contributed by atoms with van der Waals surface area (Å²) < 4.78 is 0. The van der Waals surface area contributed by atoms with E-state index in [0.29, 0.717) is 5.88 Å². The molecule has 0 saturated carbocycles. The van der Waals surface area contributed by atoms with Gasteiger partial charge in [-0.15, -0.1) is 0 Å². The Kier molecular flexibility index (Phi) is 7.21. The van der Waals surface area contributed by atoms with Crippen LogP contribution in [-0.4, -0.2) is 18.2 Å². The first-order valence-electron chi connectivity index (χ1n) is 2.06. The van der Waals surface area contributed by atoms with Crippen LogP contribution in [0.3, 0.4) is 0 Å². The molecule has 0 saturated heterocycles. The smallest absolute Gasteiger partial charge is 0.0498 e. The zero-order valence-corrected chi connectivity index (χ0v) is 5.73. The van der Waals surface area contributed by atoms with Crippen molar-refractivity contribution < 1.29 is 0 Å². The highest BCUT2D eigenvalue weighted by molar-refractivity contribution is 8.76. The van der Waals surface area contributed by atoms with Crippen molar-refractivity contribution in [2.24, 2.45) is 11.5 Å². The fourth-order valence-corrected chi connectivity index (χ4v) is 1.40. The second-order valence-electron chi connectivity index (χ2n) is 0.895. The first-order chi connectivity index (χ1) is 3.41. The summed E-state index contributed by atoms with van der Waals surface area (Å²) in [4.78, 5) is 0. The van der Waals surface area contributed by atoms with Crippen molar-refractivity contribution in [3.8, 4) is 0 Å². The molecule has 0 aromatic carbocycles. The molecule has 7 heavy (non-hydrogen) atoms. The van der Waals surface area contributed by atoms with Gasteiger partial charge < -0.3 is 11.5 Å². The summed E-state index contributed by atoms with van der Waals surface area (Å²) in [7, 11) is 3.37. The molecule has 0 atom stereocenters. The van der Waals surface area contributed by atoms with Gasteiger partial charge in [0.1, 0.15) is 0 Å². The summed E-state index contributed by atoms with van der Waals surface area (Å²) in [6.45, 7) is 0.748. The molecule has 0 bridgehead atoms. The molecule has 0 aromatic rings. The molecule has 4 N–H and O–H groups in total. The summed E-state index contributed by atoms with van der Waals surface area (Å²) >= 11 is 0. The molecule has 0 aliphatic heterocycles. The zero-order valence-electron chi connectivity index (χ0n) is 4.09. The second-order valence-corrected chi connectivity index (χ2v) is 3.52. The molecule has 0 amide bonds. The van der Waals surface area contributed by atoms with Gasteiger partial charge in [-0.2, -0.15) is 0 Å². The van der Waals surface area contributed by atoms with Crippen LogP contribution in [0.1, 0.15) is 0 Å². The van der Waals surface area contributed by atoms with Crippen molar-refractivity contribution in [2.75, 3.05) is 18.2 Å². The lowest BCUT2D eigenvalue weighted by Crippen LogP contribution is -2.00. The van der Waals surface area contributed by atoms with Gasteiger partial charge in [0.05, 0.1) is 0 Å². The van der Waals surface area contributed by atoms with E-state index in [0.717, 1.165) is 12.3 Å². The van der Waals surface area contributed by atoms with E-state index < -0.39 is 0 Å². The zero-order chi connectivity index (χ0) is 5.54. The standard InChI is InChI=1S/C3H10N2S2/c4-1-2-6-7-3-5/h1-5H2. The molecule has 0 heterocycles. The van der Waals surface area contributed by atoms with Crippen molar-refractivity contribution in [3.63, 3.8) is 0 Å². The first-order valence-corrected chi connectivity index (χ1v) is 4.55. The lowest BCUT2D eigenvalue weighted by atomic mass is 10.8. The third kappa shape index (κ3) is 6.62. The maximum atomic E-state index is 5.19. The average molecular weight is 138 g/mol. The van der Waals surface area contributed by atoms with Gasteiger partial charge in [0.2, 0.25) is 0 Å². The van der Waals surface area contributed by atoms with E-state index in [2.05, 4.69) is 0 Å². The van der Waals surface area contributed by atoms with Crippen LogP contribution in [0.25, 0.3) is 0 Å². The Morgan fingerprint density at radius 1 is 1.14 bits per heavy atom. The van der Waals surface area contributed by atoms with Gasteiger partial charge in [-0.3, -0.25) is 0 Å². The molecule has 0 aliphatic rings. The highest BCUT2D eigenvalue weighted by Gasteiger charge is 1.80. The Morgan fingerprint density at radius 2 is 1.86 bits per heavy atom. The number of hydrogen-bond acceptors (Lipinski definition) is 4.